The van der Waals surface area contributed by atoms with E-state index in [-0.39, 0.29) is 65.3 Å². The van der Waals surface area contributed by atoms with E-state index in [0.29, 0.717) is 37.5 Å². The van der Waals surface area contributed by atoms with Gasteiger partial charge in [-0.05, 0) is 145 Å². The van der Waals surface area contributed by atoms with Crippen LogP contribution in [-0.4, -0.2) is 124 Å². The summed E-state index contributed by atoms with van der Waals surface area (Å²) in [4.78, 5) is 41.7. The number of carbonyl (C=O) groups excluding carboxylic acids is 3. The molecule has 16 unspecified atom stereocenters. The van der Waals surface area contributed by atoms with Gasteiger partial charge in [-0.25, -0.2) is 9.59 Å². The predicted molar refractivity (Wildman–Crippen MR) is 277 cm³/mol. The Morgan fingerprint density at radius 3 is 2.15 bits per heavy atom. The molecule has 6 aliphatic rings. The highest BCUT2D eigenvalue weighted by molar-refractivity contribution is 5.89. The highest BCUT2D eigenvalue weighted by Crippen LogP contribution is 2.76. The lowest BCUT2D eigenvalue weighted by atomic mass is 9.33. The van der Waals surface area contributed by atoms with Crippen LogP contribution in [0.3, 0.4) is 0 Å². The highest BCUT2D eigenvalue weighted by Gasteiger charge is 2.72. The van der Waals surface area contributed by atoms with Crippen molar-refractivity contribution in [1.82, 2.24) is 0 Å². The number of hydrogen-bond acceptors (Lipinski definition) is 14. The molecule has 1 saturated heterocycles. The largest absolute Gasteiger partial charge is 0.465 e. The van der Waals surface area contributed by atoms with Gasteiger partial charge in [0.05, 0.1) is 48.3 Å². The number of methoxy groups -OCH3 is 1. The fourth-order valence-corrected chi connectivity index (χ4v) is 15.2. The first-order valence-corrected chi connectivity index (χ1v) is 27.1. The summed E-state index contributed by atoms with van der Waals surface area (Å²) in [5.74, 6) is -1.40. The molecule has 5 N–H and O–H groups in total. The van der Waals surface area contributed by atoms with Gasteiger partial charge in [0.25, 0.3) is 0 Å². The number of hydrogen-bond donors (Lipinski definition) is 5. The van der Waals surface area contributed by atoms with E-state index in [1.165, 1.54) is 17.7 Å². The third-order valence-corrected chi connectivity index (χ3v) is 20.1. The highest BCUT2D eigenvalue weighted by atomic mass is 16.7. The smallest absolute Gasteiger partial charge is 0.336 e. The van der Waals surface area contributed by atoms with E-state index in [2.05, 4.69) is 53.9 Å². The van der Waals surface area contributed by atoms with Crippen molar-refractivity contribution in [3.8, 4) is 0 Å². The van der Waals surface area contributed by atoms with Crippen LogP contribution in [0.2, 0.25) is 0 Å². The van der Waals surface area contributed by atoms with Crippen molar-refractivity contribution in [3.05, 3.63) is 60.3 Å². The molecule has 0 bridgehead atoms. The van der Waals surface area contributed by atoms with Gasteiger partial charge in [0.2, 0.25) is 0 Å². The molecule has 14 heteroatoms. The Hall–Kier alpha value is -3.21. The molecule has 6 rings (SSSR count). The molecule has 0 radical (unpaired) electrons. The van der Waals surface area contributed by atoms with Crippen LogP contribution in [0.15, 0.2) is 60.3 Å². The van der Waals surface area contributed by atoms with Crippen LogP contribution in [0.1, 0.15) is 160 Å². The van der Waals surface area contributed by atoms with Crippen LogP contribution in [0.4, 0.5) is 0 Å². The minimum Gasteiger partial charge on any atom is -0.465 e. The van der Waals surface area contributed by atoms with Gasteiger partial charge in [-0.2, -0.15) is 0 Å². The van der Waals surface area contributed by atoms with E-state index in [1.54, 1.807) is 46.8 Å². The number of allylic oxidation sites excluding steroid dienone is 4. The Bertz CT molecular complexity index is 2160. The second kappa shape index (κ2) is 21.7. The summed E-state index contributed by atoms with van der Waals surface area (Å²) >= 11 is 0. The summed E-state index contributed by atoms with van der Waals surface area (Å²) < 4.78 is 36.1. The third-order valence-electron chi connectivity index (χ3n) is 20.1. The molecule has 5 aliphatic carbocycles. The van der Waals surface area contributed by atoms with E-state index in [1.807, 2.05) is 21.0 Å². The molecule has 14 nitrogen and oxygen atoms in total. The van der Waals surface area contributed by atoms with Crippen molar-refractivity contribution in [2.45, 2.75) is 220 Å². The Morgan fingerprint density at radius 1 is 0.863 bits per heavy atom. The Balaban J connectivity index is 1.15. The van der Waals surface area contributed by atoms with Crippen LogP contribution in [0.25, 0.3) is 0 Å². The van der Waals surface area contributed by atoms with Gasteiger partial charge in [0, 0.05) is 24.5 Å². The Labute approximate surface area is 436 Å². The van der Waals surface area contributed by atoms with Crippen LogP contribution < -0.4 is 0 Å². The molecule has 4 saturated carbocycles. The number of carbonyl (C=O) groups is 3. The van der Waals surface area contributed by atoms with Crippen molar-refractivity contribution in [2.75, 3.05) is 20.3 Å². The summed E-state index contributed by atoms with van der Waals surface area (Å²) in [5.41, 5.74) is -3.21. The molecular weight excluding hydrogens is 933 g/mol. The zero-order valence-electron chi connectivity index (χ0n) is 46.5. The standard InChI is InChI=1S/C59H92O14/c1-16-54(10,67)27-19-21-35(4)48(64)72-47-36(5)70-50(46(63)45(47)62)73-55(11,17-2)28-20-22-37(34-60)49(65)71-44-33-59(51(66)69-18-3)39(31-52(44,6)7)38-23-24-41-56(12)29-26-43(68-15)53(8,9)40(56)25-30-57(41,13)58(38,14)32-42(59)61/h16-17,21-23,36,39-47,50,60-63,67H,1-2,18-20,24-34H2,3-15H3/b35-21+,37-22+/t36?,39?,40?,41?,42?,43?,44?,45?,46?,47?,50?,54?,55-,56?,57?,58?,59?/m1/s1. The van der Waals surface area contributed by atoms with E-state index in [4.69, 9.17) is 28.4 Å². The van der Waals surface area contributed by atoms with Crippen molar-refractivity contribution >= 4 is 17.9 Å². The first-order chi connectivity index (χ1) is 33.9. The molecule has 1 heterocycles. The zero-order valence-corrected chi connectivity index (χ0v) is 46.5. The van der Waals surface area contributed by atoms with Crippen LogP contribution in [0, 0.1) is 50.2 Å². The summed E-state index contributed by atoms with van der Waals surface area (Å²) in [6.07, 6.45) is 7.39. The average molecular weight is 1030 g/mol. The molecule has 0 aromatic carbocycles. The van der Waals surface area contributed by atoms with Crippen molar-refractivity contribution < 1.29 is 68.3 Å². The van der Waals surface area contributed by atoms with Gasteiger partial charge in [0.1, 0.15) is 23.7 Å². The molecule has 73 heavy (non-hydrogen) atoms. The molecule has 0 aromatic heterocycles. The fraction of sp³-hybridized carbons (Fsp3) is 0.780. The average Bonchev–Trinajstić information content (AvgIpc) is 3.31. The predicted octanol–water partition coefficient (Wildman–Crippen LogP) is 8.56. The van der Waals surface area contributed by atoms with Crippen molar-refractivity contribution in [1.29, 1.82) is 0 Å². The monoisotopic (exact) mass is 1020 g/mol. The Kier molecular flexibility index (Phi) is 17.5. The molecule has 17 atom stereocenters. The minimum absolute atomic E-state index is 0.00475. The molecular formula is C59H92O14. The summed E-state index contributed by atoms with van der Waals surface area (Å²) in [6, 6.07) is 0. The van der Waals surface area contributed by atoms with Crippen LogP contribution >= 0.6 is 0 Å². The van der Waals surface area contributed by atoms with Gasteiger partial charge in [0.15, 0.2) is 12.4 Å². The maximum atomic E-state index is 14.6. The number of esters is 3. The first kappa shape index (κ1) is 59.0. The third kappa shape index (κ3) is 10.6. The number of aliphatic hydroxyl groups is 5. The van der Waals surface area contributed by atoms with Gasteiger partial charge < -0.3 is 54.0 Å². The lowest BCUT2D eigenvalue weighted by molar-refractivity contribution is -0.314. The second-order valence-corrected chi connectivity index (χ2v) is 25.3. The summed E-state index contributed by atoms with van der Waals surface area (Å²) in [5, 5.41) is 55.8. The molecule has 0 amide bonds. The maximum absolute atomic E-state index is 14.6. The zero-order chi connectivity index (χ0) is 54.5. The number of fused-ring (bicyclic) bond motifs is 7. The van der Waals surface area contributed by atoms with Gasteiger partial charge in [-0.3, -0.25) is 4.79 Å². The number of aliphatic hydroxyl groups excluding tert-OH is 4. The summed E-state index contributed by atoms with van der Waals surface area (Å²) in [6.45, 7) is 31.5. The molecule has 1 aliphatic heterocycles. The molecule has 0 aromatic rings. The van der Waals surface area contributed by atoms with E-state index in [9.17, 15) is 39.9 Å². The first-order valence-electron chi connectivity index (χ1n) is 27.1. The fourth-order valence-electron chi connectivity index (χ4n) is 15.2. The second-order valence-electron chi connectivity index (χ2n) is 25.3. The van der Waals surface area contributed by atoms with Crippen LogP contribution in [-0.2, 0) is 42.8 Å². The topological polar surface area (TPSA) is 208 Å². The summed E-state index contributed by atoms with van der Waals surface area (Å²) in [7, 11) is 1.84. The quantitative estimate of drug-likeness (QED) is 0.0378. The molecule has 0 spiro atoms. The molecule has 412 valence electrons. The normalized spacial score (nSPS) is 40.6. The lowest BCUT2D eigenvalue weighted by Gasteiger charge is -2.72. The van der Waals surface area contributed by atoms with E-state index < -0.39 is 94.9 Å². The van der Waals surface area contributed by atoms with Gasteiger partial charge in [-0.15, -0.1) is 13.2 Å². The maximum Gasteiger partial charge on any atom is 0.336 e. The molecule has 5 fully saturated rings. The Morgan fingerprint density at radius 2 is 1.53 bits per heavy atom. The van der Waals surface area contributed by atoms with Crippen molar-refractivity contribution in [3.63, 3.8) is 0 Å². The van der Waals surface area contributed by atoms with Gasteiger partial charge >= 0.3 is 17.9 Å². The minimum atomic E-state index is -1.61. The van der Waals surface area contributed by atoms with E-state index in [0.717, 1.165) is 32.1 Å². The van der Waals surface area contributed by atoms with Crippen molar-refractivity contribution in [2.24, 2.45) is 50.2 Å². The number of ether oxygens (including phenoxy) is 6. The number of rotatable bonds is 18. The lowest BCUT2D eigenvalue weighted by Crippen LogP contribution is -2.69. The van der Waals surface area contributed by atoms with Gasteiger partial charge in [-0.1, -0.05) is 84.4 Å². The SMILES string of the molecule is C=CC(C)(O)CC/C=C(\C)C(=O)OC1C(C)OC(O[C@](C)(C=C)CC/C=C(\CO)C(=O)OC2CC3(C(=O)OCC)C(O)CC4(C)C(=CCC5C6(C)CCC(OC)C(C)(C)C6CCC54C)C3CC2(C)C)C(O)C1O. The van der Waals surface area contributed by atoms with E-state index >= 15 is 0 Å². The van der Waals surface area contributed by atoms with Crippen LogP contribution in [0.5, 0.6) is 0 Å².